The number of aromatic nitrogens is 1. The maximum Gasteiger partial charge on any atom is 0.266 e. The lowest BCUT2D eigenvalue weighted by Crippen LogP contribution is -2.33. The van der Waals surface area contributed by atoms with E-state index >= 15 is 0 Å². The molecule has 0 atom stereocenters. The molecule has 0 saturated carbocycles. The minimum atomic E-state index is -0.196. The highest BCUT2D eigenvalue weighted by molar-refractivity contribution is 7.21. The fourth-order valence-electron chi connectivity index (χ4n) is 2.06. The summed E-state index contributed by atoms with van der Waals surface area (Å²) in [5.41, 5.74) is 7.57. The molecule has 0 unspecified atom stereocenters. The number of fused-ring (bicyclic) bond motifs is 1. The first-order chi connectivity index (χ1) is 9.60. The summed E-state index contributed by atoms with van der Waals surface area (Å²) in [5, 5.41) is 9.88. The van der Waals surface area contributed by atoms with E-state index in [1.807, 2.05) is 13.0 Å². The Hall–Kier alpha value is -1.92. The smallest absolute Gasteiger partial charge is 0.266 e. The molecule has 0 saturated heterocycles. The second-order valence-electron chi connectivity index (χ2n) is 4.42. The third-order valence-electron chi connectivity index (χ3n) is 3.04. The van der Waals surface area contributed by atoms with Gasteiger partial charge < -0.3 is 15.7 Å². The SMILES string of the molecule is C=CCN(CCO)C(=O)c1sc2nccc(C)c2c1N. The minimum absolute atomic E-state index is 0.0956. The highest BCUT2D eigenvalue weighted by atomic mass is 32.1. The van der Waals surface area contributed by atoms with Crippen molar-refractivity contribution < 1.29 is 9.90 Å². The third-order valence-corrected chi connectivity index (χ3v) is 4.14. The van der Waals surface area contributed by atoms with Gasteiger partial charge in [-0.15, -0.1) is 17.9 Å². The van der Waals surface area contributed by atoms with Gasteiger partial charge in [0.25, 0.3) is 5.91 Å². The molecule has 2 aromatic heterocycles. The Balaban J connectivity index is 2.46. The van der Waals surface area contributed by atoms with Crippen molar-refractivity contribution >= 4 is 33.1 Å². The molecular weight excluding hydrogens is 274 g/mol. The number of hydrogen-bond donors (Lipinski definition) is 2. The molecule has 3 N–H and O–H groups in total. The Morgan fingerprint density at radius 3 is 3.00 bits per heavy atom. The predicted molar refractivity (Wildman–Crippen MR) is 82.0 cm³/mol. The number of nitrogen functional groups attached to an aromatic ring is 1. The van der Waals surface area contributed by atoms with Gasteiger partial charge in [-0.1, -0.05) is 6.08 Å². The van der Waals surface area contributed by atoms with E-state index in [1.165, 1.54) is 16.2 Å². The van der Waals surface area contributed by atoms with Crippen LogP contribution in [0.4, 0.5) is 5.69 Å². The molecule has 0 bridgehead atoms. The Morgan fingerprint density at radius 1 is 1.65 bits per heavy atom. The first-order valence-electron chi connectivity index (χ1n) is 6.24. The summed E-state index contributed by atoms with van der Waals surface area (Å²) in [6, 6.07) is 1.87. The van der Waals surface area contributed by atoms with Crippen molar-refractivity contribution in [2.75, 3.05) is 25.4 Å². The van der Waals surface area contributed by atoms with Crippen LogP contribution in [0.2, 0.25) is 0 Å². The molecule has 2 heterocycles. The van der Waals surface area contributed by atoms with Crippen LogP contribution in [0.15, 0.2) is 24.9 Å². The van der Waals surface area contributed by atoms with Crippen molar-refractivity contribution in [2.45, 2.75) is 6.92 Å². The van der Waals surface area contributed by atoms with Crippen LogP contribution in [-0.2, 0) is 0 Å². The molecule has 2 aromatic rings. The zero-order valence-electron chi connectivity index (χ0n) is 11.3. The van der Waals surface area contributed by atoms with Crippen molar-refractivity contribution in [3.63, 3.8) is 0 Å². The van der Waals surface area contributed by atoms with Gasteiger partial charge in [0.05, 0.1) is 12.3 Å². The number of aliphatic hydroxyl groups is 1. The van der Waals surface area contributed by atoms with Crippen molar-refractivity contribution in [1.82, 2.24) is 9.88 Å². The van der Waals surface area contributed by atoms with Gasteiger partial charge in [0.2, 0.25) is 0 Å². The van der Waals surface area contributed by atoms with E-state index in [0.29, 0.717) is 17.1 Å². The van der Waals surface area contributed by atoms with Crippen LogP contribution < -0.4 is 5.73 Å². The lowest BCUT2D eigenvalue weighted by atomic mass is 10.1. The zero-order chi connectivity index (χ0) is 14.7. The number of thiophene rings is 1. The second-order valence-corrected chi connectivity index (χ2v) is 5.42. The molecule has 0 radical (unpaired) electrons. The first-order valence-corrected chi connectivity index (χ1v) is 7.06. The summed E-state index contributed by atoms with van der Waals surface area (Å²) in [6.45, 7) is 6.10. The molecule has 0 aromatic carbocycles. The van der Waals surface area contributed by atoms with Gasteiger partial charge >= 0.3 is 0 Å². The second kappa shape index (κ2) is 6.02. The fraction of sp³-hybridized carbons (Fsp3) is 0.286. The van der Waals surface area contributed by atoms with Gasteiger partial charge in [0, 0.05) is 24.7 Å². The van der Waals surface area contributed by atoms with Crippen LogP contribution in [0, 0.1) is 6.92 Å². The lowest BCUT2D eigenvalue weighted by Gasteiger charge is -2.19. The average molecular weight is 291 g/mol. The molecule has 6 heteroatoms. The summed E-state index contributed by atoms with van der Waals surface area (Å²) < 4.78 is 0. The molecule has 0 aliphatic rings. The van der Waals surface area contributed by atoms with E-state index in [9.17, 15) is 4.79 Å². The van der Waals surface area contributed by atoms with Crippen LogP contribution in [0.5, 0.6) is 0 Å². The number of anilines is 1. The van der Waals surface area contributed by atoms with E-state index in [0.717, 1.165) is 15.8 Å². The molecule has 0 aliphatic heterocycles. The Kier molecular flexibility index (Phi) is 4.36. The number of aryl methyl sites for hydroxylation is 1. The topological polar surface area (TPSA) is 79.5 Å². The summed E-state index contributed by atoms with van der Waals surface area (Å²) in [5.74, 6) is -0.196. The predicted octanol–water partition coefficient (Wildman–Crippen LogP) is 1.81. The highest BCUT2D eigenvalue weighted by Gasteiger charge is 2.22. The number of amides is 1. The highest BCUT2D eigenvalue weighted by Crippen LogP contribution is 2.34. The number of carbonyl (C=O) groups is 1. The van der Waals surface area contributed by atoms with Gasteiger partial charge in [-0.3, -0.25) is 4.79 Å². The summed E-state index contributed by atoms with van der Waals surface area (Å²) in [6.07, 6.45) is 3.33. The average Bonchev–Trinajstić information content (AvgIpc) is 2.76. The van der Waals surface area contributed by atoms with Crippen LogP contribution in [0.3, 0.4) is 0 Å². The number of rotatable bonds is 5. The zero-order valence-corrected chi connectivity index (χ0v) is 12.1. The first kappa shape index (κ1) is 14.5. The maximum absolute atomic E-state index is 12.5. The van der Waals surface area contributed by atoms with E-state index in [1.54, 1.807) is 12.3 Å². The van der Waals surface area contributed by atoms with Crippen LogP contribution in [0.1, 0.15) is 15.2 Å². The Labute approximate surface area is 121 Å². The molecule has 2 rings (SSSR count). The normalized spacial score (nSPS) is 10.7. The number of aliphatic hydroxyl groups excluding tert-OH is 1. The number of nitrogens with zero attached hydrogens (tertiary/aromatic N) is 2. The van der Waals surface area contributed by atoms with Crippen LogP contribution in [0.25, 0.3) is 10.2 Å². The molecule has 1 amide bonds. The third kappa shape index (κ3) is 2.52. The number of pyridine rings is 1. The maximum atomic E-state index is 12.5. The Bertz CT molecular complexity index is 651. The van der Waals surface area contributed by atoms with Crippen LogP contribution in [-0.4, -0.2) is 40.6 Å². The number of carbonyl (C=O) groups excluding carboxylic acids is 1. The van der Waals surface area contributed by atoms with Gasteiger partial charge in [-0.25, -0.2) is 4.98 Å². The van der Waals surface area contributed by atoms with Crippen molar-refractivity contribution in [1.29, 1.82) is 0 Å². The standard InChI is InChI=1S/C14H17N3O2S/c1-3-6-17(7-8-18)14(19)12-11(15)10-9(2)4-5-16-13(10)20-12/h3-5,18H,1,6-8,15H2,2H3. The van der Waals surface area contributed by atoms with E-state index in [-0.39, 0.29) is 19.1 Å². The molecule has 0 aliphatic carbocycles. The summed E-state index contributed by atoms with van der Waals surface area (Å²) in [7, 11) is 0. The van der Waals surface area contributed by atoms with Crippen molar-refractivity contribution in [3.05, 3.63) is 35.4 Å². The van der Waals surface area contributed by atoms with Crippen LogP contribution >= 0.6 is 11.3 Å². The number of hydrogen-bond acceptors (Lipinski definition) is 5. The lowest BCUT2D eigenvalue weighted by molar-refractivity contribution is 0.0748. The van der Waals surface area contributed by atoms with E-state index in [4.69, 9.17) is 10.8 Å². The van der Waals surface area contributed by atoms with E-state index < -0.39 is 0 Å². The number of nitrogens with two attached hydrogens (primary N) is 1. The van der Waals surface area contributed by atoms with E-state index in [2.05, 4.69) is 11.6 Å². The van der Waals surface area contributed by atoms with Crippen molar-refractivity contribution in [3.8, 4) is 0 Å². The summed E-state index contributed by atoms with van der Waals surface area (Å²) in [4.78, 5) is 19.5. The van der Waals surface area contributed by atoms with Gasteiger partial charge in [0.15, 0.2) is 0 Å². The molecule has 0 fully saturated rings. The summed E-state index contributed by atoms with van der Waals surface area (Å²) >= 11 is 1.28. The van der Waals surface area contributed by atoms with Gasteiger partial charge in [0.1, 0.15) is 9.71 Å². The minimum Gasteiger partial charge on any atom is -0.397 e. The van der Waals surface area contributed by atoms with Gasteiger partial charge in [-0.2, -0.15) is 0 Å². The molecular formula is C14H17N3O2S. The molecule has 106 valence electrons. The molecule has 20 heavy (non-hydrogen) atoms. The largest absolute Gasteiger partial charge is 0.397 e. The van der Waals surface area contributed by atoms with Crippen molar-refractivity contribution in [2.24, 2.45) is 0 Å². The monoisotopic (exact) mass is 291 g/mol. The van der Waals surface area contributed by atoms with Gasteiger partial charge in [-0.05, 0) is 18.6 Å². The molecule has 0 spiro atoms. The molecule has 5 nitrogen and oxygen atoms in total. The quantitative estimate of drug-likeness (QED) is 0.823. The fourth-order valence-corrected chi connectivity index (χ4v) is 3.17. The Morgan fingerprint density at radius 2 is 2.40 bits per heavy atom.